The number of nitrogens with one attached hydrogen (secondary N) is 2. The summed E-state index contributed by atoms with van der Waals surface area (Å²) in [5, 5.41) is 16.2. The van der Waals surface area contributed by atoms with E-state index in [9.17, 15) is 14.4 Å². The molecule has 170 valence electrons. The second kappa shape index (κ2) is 9.83. The molecule has 1 unspecified atom stereocenters. The molecule has 0 saturated heterocycles. The Morgan fingerprint density at radius 1 is 1.09 bits per heavy atom. The van der Waals surface area contributed by atoms with Crippen LogP contribution < -0.4 is 10.6 Å². The zero-order valence-corrected chi connectivity index (χ0v) is 18.7. The lowest BCUT2D eigenvalue weighted by Crippen LogP contribution is -2.38. The number of thiazole rings is 1. The van der Waals surface area contributed by atoms with Gasteiger partial charge in [0.15, 0.2) is 0 Å². The minimum atomic E-state index is -1.12. The maximum Gasteiger partial charge on any atom is 0.407 e. The first-order valence-corrected chi connectivity index (χ1v) is 11.4. The molecule has 1 atom stereocenters. The van der Waals surface area contributed by atoms with Crippen LogP contribution in [0.2, 0.25) is 0 Å². The number of nitrogens with zero attached hydrogens (tertiary/aromatic N) is 1. The number of aliphatic carboxylic acids is 1. The molecule has 1 heterocycles. The highest BCUT2D eigenvalue weighted by molar-refractivity contribution is 7.09. The Hall–Kier alpha value is -3.72. The van der Waals surface area contributed by atoms with Crippen LogP contribution in [0.1, 0.15) is 39.5 Å². The molecule has 0 fully saturated rings. The quantitative estimate of drug-likeness (QED) is 0.469. The van der Waals surface area contributed by atoms with Crippen LogP contribution in [0.3, 0.4) is 0 Å². The standard InChI is InChI=1S/C24H23N3O5S/c1-14(23(29)30)26-22(28)20-13-33-21(27-20)10-11-25-24(31)32-12-19-17-8-4-2-6-15(17)16-7-3-5-9-18(16)19/h2-9,13-14,19H,10-12H2,1H3,(H,25,31)(H,26,28)(H,29,30). The highest BCUT2D eigenvalue weighted by Crippen LogP contribution is 2.44. The molecule has 0 radical (unpaired) electrons. The fourth-order valence-corrected chi connectivity index (χ4v) is 4.56. The highest BCUT2D eigenvalue weighted by atomic mass is 32.1. The number of rotatable bonds is 8. The van der Waals surface area contributed by atoms with Crippen molar-refractivity contribution < 1.29 is 24.2 Å². The third-order valence-corrected chi connectivity index (χ3v) is 6.36. The first kappa shape index (κ1) is 22.5. The number of ether oxygens (including phenoxy) is 1. The van der Waals surface area contributed by atoms with E-state index < -0.39 is 24.0 Å². The fourth-order valence-electron chi connectivity index (χ4n) is 3.78. The van der Waals surface area contributed by atoms with E-state index >= 15 is 0 Å². The average molecular weight is 466 g/mol. The van der Waals surface area contributed by atoms with Crippen molar-refractivity contribution in [3.05, 3.63) is 75.7 Å². The minimum Gasteiger partial charge on any atom is -0.480 e. The van der Waals surface area contributed by atoms with Gasteiger partial charge in [0, 0.05) is 24.3 Å². The summed E-state index contributed by atoms with van der Waals surface area (Å²) in [7, 11) is 0. The average Bonchev–Trinajstić information content (AvgIpc) is 3.41. The van der Waals surface area contributed by atoms with Crippen LogP contribution in [-0.4, -0.2) is 47.3 Å². The van der Waals surface area contributed by atoms with Gasteiger partial charge in [0.1, 0.15) is 18.3 Å². The molecular formula is C24H23N3O5S. The number of carboxylic acids is 1. The lowest BCUT2D eigenvalue weighted by atomic mass is 9.98. The second-order valence-electron chi connectivity index (χ2n) is 7.66. The third-order valence-electron chi connectivity index (χ3n) is 5.45. The third kappa shape index (κ3) is 5.04. The Morgan fingerprint density at radius 2 is 1.73 bits per heavy atom. The summed E-state index contributed by atoms with van der Waals surface area (Å²) in [6, 6.07) is 15.3. The van der Waals surface area contributed by atoms with Gasteiger partial charge in [-0.2, -0.15) is 0 Å². The number of aromatic nitrogens is 1. The van der Waals surface area contributed by atoms with Gasteiger partial charge in [-0.25, -0.2) is 9.78 Å². The maximum atomic E-state index is 12.2. The molecule has 8 nitrogen and oxygen atoms in total. The second-order valence-corrected chi connectivity index (χ2v) is 8.60. The van der Waals surface area contributed by atoms with Crippen LogP contribution in [0, 0.1) is 0 Å². The molecule has 1 aromatic heterocycles. The molecule has 4 rings (SSSR count). The largest absolute Gasteiger partial charge is 0.480 e. The van der Waals surface area contributed by atoms with Gasteiger partial charge in [0.05, 0.1) is 5.01 Å². The number of carbonyl (C=O) groups excluding carboxylic acids is 2. The zero-order valence-electron chi connectivity index (χ0n) is 17.9. The summed E-state index contributed by atoms with van der Waals surface area (Å²) in [5.74, 6) is -1.67. The van der Waals surface area contributed by atoms with Crippen molar-refractivity contribution in [3.63, 3.8) is 0 Å². The number of carboxylic acid groups (broad SMARTS) is 1. The summed E-state index contributed by atoms with van der Waals surface area (Å²) in [5.41, 5.74) is 4.80. The van der Waals surface area contributed by atoms with Crippen molar-refractivity contribution >= 4 is 29.3 Å². The topological polar surface area (TPSA) is 118 Å². The summed E-state index contributed by atoms with van der Waals surface area (Å²) < 4.78 is 5.50. The number of amides is 2. The lowest BCUT2D eigenvalue weighted by Gasteiger charge is -2.14. The van der Waals surface area contributed by atoms with Crippen molar-refractivity contribution in [3.8, 4) is 11.1 Å². The monoisotopic (exact) mass is 465 g/mol. The van der Waals surface area contributed by atoms with E-state index in [0.29, 0.717) is 18.0 Å². The molecule has 1 aliphatic rings. The van der Waals surface area contributed by atoms with E-state index in [1.54, 1.807) is 5.38 Å². The SMILES string of the molecule is CC(NC(=O)c1csc(CCNC(=O)OCC2c3ccccc3-c3ccccc32)n1)C(=O)O. The smallest absolute Gasteiger partial charge is 0.407 e. The molecule has 33 heavy (non-hydrogen) atoms. The lowest BCUT2D eigenvalue weighted by molar-refractivity contribution is -0.138. The molecule has 1 aliphatic carbocycles. The van der Waals surface area contributed by atoms with Crippen LogP contribution in [0.15, 0.2) is 53.9 Å². The minimum absolute atomic E-state index is 0.00335. The van der Waals surface area contributed by atoms with Crippen molar-refractivity contribution in [2.45, 2.75) is 25.3 Å². The summed E-state index contributed by atoms with van der Waals surface area (Å²) >= 11 is 1.27. The van der Waals surface area contributed by atoms with Crippen LogP contribution >= 0.6 is 11.3 Å². The molecule has 3 aromatic rings. The van der Waals surface area contributed by atoms with Gasteiger partial charge in [0.2, 0.25) is 0 Å². The van der Waals surface area contributed by atoms with Crippen LogP contribution in [0.25, 0.3) is 11.1 Å². The predicted octanol–water partition coefficient (Wildman–Crippen LogP) is 3.43. The van der Waals surface area contributed by atoms with E-state index in [1.165, 1.54) is 29.4 Å². The van der Waals surface area contributed by atoms with Gasteiger partial charge >= 0.3 is 12.1 Å². The number of carbonyl (C=O) groups is 3. The van der Waals surface area contributed by atoms with Gasteiger partial charge in [-0.15, -0.1) is 11.3 Å². The number of benzene rings is 2. The van der Waals surface area contributed by atoms with Crippen LogP contribution in [0.4, 0.5) is 4.79 Å². The highest BCUT2D eigenvalue weighted by Gasteiger charge is 2.29. The van der Waals surface area contributed by atoms with Gasteiger partial charge in [0.25, 0.3) is 5.91 Å². The predicted molar refractivity (Wildman–Crippen MR) is 123 cm³/mol. The molecule has 3 N–H and O–H groups in total. The zero-order chi connectivity index (χ0) is 23.4. The Morgan fingerprint density at radius 3 is 2.36 bits per heavy atom. The molecule has 2 amide bonds. The maximum absolute atomic E-state index is 12.2. The van der Waals surface area contributed by atoms with E-state index in [1.807, 2.05) is 24.3 Å². The molecule has 0 spiro atoms. The van der Waals surface area contributed by atoms with Gasteiger partial charge in [-0.05, 0) is 29.2 Å². The van der Waals surface area contributed by atoms with Crippen molar-refractivity contribution in [1.82, 2.24) is 15.6 Å². The van der Waals surface area contributed by atoms with E-state index in [-0.39, 0.29) is 18.2 Å². The molecule has 0 bridgehead atoms. The van der Waals surface area contributed by atoms with E-state index in [4.69, 9.17) is 9.84 Å². The van der Waals surface area contributed by atoms with Crippen molar-refractivity contribution in [2.24, 2.45) is 0 Å². The van der Waals surface area contributed by atoms with Crippen LogP contribution in [0.5, 0.6) is 0 Å². The van der Waals surface area contributed by atoms with Gasteiger partial charge in [-0.3, -0.25) is 9.59 Å². The van der Waals surface area contributed by atoms with Crippen molar-refractivity contribution in [2.75, 3.05) is 13.2 Å². The Balaban J connectivity index is 1.26. The Bertz CT molecular complexity index is 1150. The Kier molecular flexibility index (Phi) is 6.69. The van der Waals surface area contributed by atoms with E-state index in [2.05, 4.69) is 39.9 Å². The summed E-state index contributed by atoms with van der Waals surface area (Å²) in [6.45, 7) is 1.92. The van der Waals surface area contributed by atoms with Crippen molar-refractivity contribution in [1.29, 1.82) is 0 Å². The van der Waals surface area contributed by atoms with E-state index in [0.717, 1.165) is 11.1 Å². The molecule has 0 aliphatic heterocycles. The molecule has 2 aromatic carbocycles. The first-order chi connectivity index (χ1) is 15.9. The normalized spacial score (nSPS) is 13.0. The van der Waals surface area contributed by atoms with Gasteiger partial charge < -0.3 is 20.5 Å². The molecule has 0 saturated carbocycles. The fraction of sp³-hybridized carbons (Fsp3) is 0.250. The summed E-state index contributed by atoms with van der Waals surface area (Å²) in [6.07, 6.45) is -0.0851. The number of hydrogen-bond donors (Lipinski definition) is 3. The number of fused-ring (bicyclic) bond motifs is 3. The summed E-state index contributed by atoms with van der Waals surface area (Å²) in [4.78, 5) is 39.3. The van der Waals surface area contributed by atoms with Gasteiger partial charge in [-0.1, -0.05) is 48.5 Å². The number of hydrogen-bond acceptors (Lipinski definition) is 6. The number of alkyl carbamates (subject to hydrolysis) is 1. The van der Waals surface area contributed by atoms with Crippen LogP contribution in [-0.2, 0) is 16.0 Å². The molecular weight excluding hydrogens is 442 g/mol. The first-order valence-electron chi connectivity index (χ1n) is 10.5. The molecule has 9 heteroatoms. The Labute approximate surface area is 194 Å².